The van der Waals surface area contributed by atoms with Gasteiger partial charge >= 0.3 is 0 Å². The number of anilines is 1. The maximum atomic E-state index is 4.39. The highest BCUT2D eigenvalue weighted by Gasteiger charge is 2.13. The summed E-state index contributed by atoms with van der Waals surface area (Å²) < 4.78 is 1.75. The van der Waals surface area contributed by atoms with Gasteiger partial charge in [-0.2, -0.15) is 14.6 Å². The van der Waals surface area contributed by atoms with Crippen LogP contribution in [0.1, 0.15) is 36.1 Å². The van der Waals surface area contributed by atoms with Gasteiger partial charge in [0.2, 0.25) is 0 Å². The lowest BCUT2D eigenvalue weighted by Gasteiger charge is -2.27. The lowest BCUT2D eigenvalue weighted by Crippen LogP contribution is -2.29. The van der Waals surface area contributed by atoms with Crippen LogP contribution >= 0.6 is 0 Å². The third kappa shape index (κ3) is 3.64. The fourth-order valence-corrected chi connectivity index (χ4v) is 3.48. The molecule has 0 aliphatic carbocycles. The highest BCUT2D eigenvalue weighted by Crippen LogP contribution is 2.18. The molecule has 1 saturated heterocycles. The summed E-state index contributed by atoms with van der Waals surface area (Å²) in [6, 6.07) is 10.7. The number of hydrogen-bond acceptors (Lipinski definition) is 5. The summed E-state index contributed by atoms with van der Waals surface area (Å²) in [4.78, 5) is 11.1. The molecule has 3 aromatic rings. The second-order valence-corrected chi connectivity index (χ2v) is 6.71. The number of piperidine rings is 1. The molecule has 1 aliphatic heterocycles. The molecule has 130 valence electrons. The van der Waals surface area contributed by atoms with Crippen LogP contribution in [0.2, 0.25) is 0 Å². The van der Waals surface area contributed by atoms with E-state index in [0.717, 1.165) is 24.6 Å². The molecule has 0 radical (unpaired) electrons. The molecule has 0 atom stereocenters. The Morgan fingerprint density at radius 2 is 1.88 bits per heavy atom. The van der Waals surface area contributed by atoms with Crippen molar-refractivity contribution in [3.8, 4) is 0 Å². The summed E-state index contributed by atoms with van der Waals surface area (Å²) in [5.41, 5.74) is 3.66. The first-order chi connectivity index (χ1) is 12.3. The van der Waals surface area contributed by atoms with Gasteiger partial charge in [-0.15, -0.1) is 0 Å². The SMILES string of the molecule is Cc1cc(NCc2ccccc2CN2CCCCC2)n2ncnc2n1. The second-order valence-electron chi connectivity index (χ2n) is 6.71. The highest BCUT2D eigenvalue weighted by atomic mass is 15.3. The minimum atomic E-state index is 0.629. The van der Waals surface area contributed by atoms with E-state index in [-0.39, 0.29) is 0 Å². The zero-order valence-corrected chi connectivity index (χ0v) is 14.6. The van der Waals surface area contributed by atoms with Crippen molar-refractivity contribution in [2.24, 2.45) is 0 Å². The Hall–Kier alpha value is -2.47. The Morgan fingerprint density at radius 1 is 1.08 bits per heavy atom. The standard InChI is InChI=1S/C19H24N6/c1-15-11-18(25-19(23-15)21-14-22-25)20-12-16-7-3-4-8-17(16)13-24-9-5-2-6-10-24/h3-4,7-8,11,14,20H,2,5-6,9-10,12-13H2,1H3. The van der Waals surface area contributed by atoms with E-state index < -0.39 is 0 Å². The van der Waals surface area contributed by atoms with Crippen molar-refractivity contribution in [1.82, 2.24) is 24.5 Å². The van der Waals surface area contributed by atoms with Crippen LogP contribution in [-0.2, 0) is 13.1 Å². The molecule has 0 unspecified atom stereocenters. The van der Waals surface area contributed by atoms with E-state index in [1.807, 2.05) is 13.0 Å². The predicted molar refractivity (Wildman–Crippen MR) is 98.4 cm³/mol. The summed E-state index contributed by atoms with van der Waals surface area (Å²) in [7, 11) is 0. The molecule has 1 aliphatic rings. The molecule has 6 nitrogen and oxygen atoms in total. The molecule has 3 heterocycles. The Labute approximate surface area is 147 Å². The molecule has 0 spiro atoms. The van der Waals surface area contributed by atoms with Gasteiger partial charge in [-0.05, 0) is 44.0 Å². The van der Waals surface area contributed by atoms with E-state index >= 15 is 0 Å². The van der Waals surface area contributed by atoms with Crippen molar-refractivity contribution in [3.63, 3.8) is 0 Å². The van der Waals surface area contributed by atoms with Crippen molar-refractivity contribution in [1.29, 1.82) is 0 Å². The number of nitrogens with one attached hydrogen (secondary N) is 1. The third-order valence-electron chi connectivity index (χ3n) is 4.80. The smallest absolute Gasteiger partial charge is 0.254 e. The maximum absolute atomic E-state index is 4.39. The number of likely N-dealkylation sites (tertiary alicyclic amines) is 1. The van der Waals surface area contributed by atoms with Gasteiger partial charge in [-0.1, -0.05) is 30.7 Å². The Kier molecular flexibility index (Phi) is 4.61. The molecule has 1 fully saturated rings. The van der Waals surface area contributed by atoms with E-state index in [2.05, 4.69) is 49.5 Å². The van der Waals surface area contributed by atoms with E-state index in [9.17, 15) is 0 Å². The number of hydrogen-bond donors (Lipinski definition) is 1. The molecule has 0 saturated carbocycles. The molecule has 0 bridgehead atoms. The number of nitrogens with zero attached hydrogens (tertiary/aromatic N) is 5. The largest absolute Gasteiger partial charge is 0.366 e. The monoisotopic (exact) mass is 336 g/mol. The first-order valence-corrected chi connectivity index (χ1v) is 9.00. The highest BCUT2D eigenvalue weighted by molar-refractivity contribution is 5.45. The summed E-state index contributed by atoms with van der Waals surface area (Å²) in [5, 5.41) is 7.77. The molecule has 0 amide bonds. The van der Waals surface area contributed by atoms with Crippen molar-refractivity contribution in [2.45, 2.75) is 39.3 Å². The van der Waals surface area contributed by atoms with E-state index in [1.165, 1.54) is 49.8 Å². The molecular weight excluding hydrogens is 312 g/mol. The Morgan fingerprint density at radius 3 is 2.72 bits per heavy atom. The predicted octanol–water partition coefficient (Wildman–Crippen LogP) is 3.03. The zero-order chi connectivity index (χ0) is 17.1. The van der Waals surface area contributed by atoms with E-state index in [4.69, 9.17) is 0 Å². The van der Waals surface area contributed by atoms with E-state index in [1.54, 1.807) is 4.52 Å². The summed E-state index contributed by atoms with van der Waals surface area (Å²) in [6.45, 7) is 6.20. The molecule has 25 heavy (non-hydrogen) atoms. The van der Waals surface area contributed by atoms with Gasteiger partial charge in [-0.25, -0.2) is 4.98 Å². The van der Waals surface area contributed by atoms with Crippen LogP contribution < -0.4 is 5.32 Å². The second kappa shape index (κ2) is 7.19. The average Bonchev–Trinajstić information content (AvgIpc) is 3.10. The third-order valence-corrected chi connectivity index (χ3v) is 4.80. The lowest BCUT2D eigenvalue weighted by atomic mass is 10.0. The lowest BCUT2D eigenvalue weighted by molar-refractivity contribution is 0.220. The van der Waals surface area contributed by atoms with Crippen molar-refractivity contribution in [2.75, 3.05) is 18.4 Å². The molecule has 2 aromatic heterocycles. The van der Waals surface area contributed by atoms with Crippen LogP contribution in [0, 0.1) is 6.92 Å². The van der Waals surface area contributed by atoms with Crippen LogP contribution in [0.4, 0.5) is 5.82 Å². The van der Waals surface area contributed by atoms with Gasteiger partial charge in [0.1, 0.15) is 12.1 Å². The van der Waals surface area contributed by atoms with Crippen molar-refractivity contribution >= 4 is 11.6 Å². The van der Waals surface area contributed by atoms with Gasteiger partial charge < -0.3 is 5.32 Å². The maximum Gasteiger partial charge on any atom is 0.254 e. The van der Waals surface area contributed by atoms with Gasteiger partial charge in [-0.3, -0.25) is 4.90 Å². The number of rotatable bonds is 5. The molecule has 6 heteroatoms. The van der Waals surface area contributed by atoms with Crippen molar-refractivity contribution < 1.29 is 0 Å². The Balaban J connectivity index is 1.51. The molecular formula is C19H24N6. The zero-order valence-electron chi connectivity index (χ0n) is 14.6. The van der Waals surface area contributed by atoms with Crippen LogP contribution in [0.15, 0.2) is 36.7 Å². The summed E-state index contributed by atoms with van der Waals surface area (Å²) in [6.07, 6.45) is 5.55. The van der Waals surface area contributed by atoms with Crippen LogP contribution in [0.5, 0.6) is 0 Å². The normalized spacial score (nSPS) is 15.6. The summed E-state index contributed by atoms with van der Waals surface area (Å²) >= 11 is 0. The van der Waals surface area contributed by atoms with Gasteiger partial charge in [0.05, 0.1) is 0 Å². The molecule has 4 rings (SSSR count). The van der Waals surface area contributed by atoms with Crippen LogP contribution in [0.3, 0.4) is 0 Å². The minimum absolute atomic E-state index is 0.629. The number of aromatic nitrogens is 4. The number of fused-ring (bicyclic) bond motifs is 1. The van der Waals surface area contributed by atoms with Gasteiger partial charge in [0.15, 0.2) is 0 Å². The number of benzene rings is 1. The minimum Gasteiger partial charge on any atom is -0.366 e. The first kappa shape index (κ1) is 16.0. The molecule has 1 aromatic carbocycles. The van der Waals surface area contributed by atoms with Gasteiger partial charge in [0, 0.05) is 24.8 Å². The topological polar surface area (TPSA) is 58.4 Å². The number of aryl methyl sites for hydroxylation is 1. The Bertz CT molecular complexity index is 850. The first-order valence-electron chi connectivity index (χ1n) is 9.00. The quantitative estimate of drug-likeness (QED) is 0.776. The molecule has 1 N–H and O–H groups in total. The van der Waals surface area contributed by atoms with Gasteiger partial charge in [0.25, 0.3) is 5.78 Å². The fourth-order valence-electron chi connectivity index (χ4n) is 3.48. The average molecular weight is 336 g/mol. The van der Waals surface area contributed by atoms with Crippen molar-refractivity contribution in [3.05, 3.63) is 53.5 Å². The van der Waals surface area contributed by atoms with E-state index in [0.29, 0.717) is 5.78 Å². The fraction of sp³-hybridized carbons (Fsp3) is 0.421. The van der Waals surface area contributed by atoms with Crippen LogP contribution in [-0.4, -0.2) is 37.6 Å². The van der Waals surface area contributed by atoms with Crippen LogP contribution in [0.25, 0.3) is 5.78 Å². The summed E-state index contributed by atoms with van der Waals surface area (Å²) in [5.74, 6) is 1.55.